The number of aryl methyl sites for hydroxylation is 2. The second-order valence-corrected chi connectivity index (χ2v) is 6.62. The summed E-state index contributed by atoms with van der Waals surface area (Å²) < 4.78 is 5.15. The summed E-state index contributed by atoms with van der Waals surface area (Å²) in [6, 6.07) is 0. The van der Waals surface area contributed by atoms with E-state index in [1.165, 1.54) is 0 Å². The van der Waals surface area contributed by atoms with Gasteiger partial charge < -0.3 is 9.84 Å². The number of thiazole rings is 1. The van der Waals surface area contributed by atoms with Gasteiger partial charge in [-0.15, -0.1) is 11.3 Å². The Kier molecular flexibility index (Phi) is 5.12. The van der Waals surface area contributed by atoms with Gasteiger partial charge in [0.2, 0.25) is 0 Å². The van der Waals surface area contributed by atoms with E-state index >= 15 is 0 Å². The van der Waals surface area contributed by atoms with Gasteiger partial charge in [0.25, 0.3) is 5.91 Å². The second kappa shape index (κ2) is 6.85. The predicted octanol–water partition coefficient (Wildman–Crippen LogP) is 3.13. The fourth-order valence-electron chi connectivity index (χ4n) is 2.08. The third kappa shape index (κ3) is 3.91. The number of carbonyl (C=O) groups excluding carboxylic acids is 1. The Hall–Kier alpha value is -1.69. The molecule has 0 saturated carbocycles. The van der Waals surface area contributed by atoms with E-state index in [4.69, 9.17) is 4.52 Å². The van der Waals surface area contributed by atoms with Crippen LogP contribution in [0.1, 0.15) is 52.5 Å². The Morgan fingerprint density at radius 2 is 2.24 bits per heavy atom. The van der Waals surface area contributed by atoms with E-state index in [1.54, 1.807) is 18.3 Å². The van der Waals surface area contributed by atoms with Crippen molar-refractivity contribution < 1.29 is 9.32 Å². The molecular weight excluding hydrogens is 286 g/mol. The van der Waals surface area contributed by atoms with Crippen molar-refractivity contribution in [1.82, 2.24) is 15.5 Å². The van der Waals surface area contributed by atoms with Crippen LogP contribution in [0.15, 0.2) is 10.7 Å². The summed E-state index contributed by atoms with van der Waals surface area (Å²) in [6.07, 6.45) is 3.47. The van der Waals surface area contributed by atoms with E-state index in [-0.39, 0.29) is 5.91 Å². The molecule has 0 radical (unpaired) electrons. The molecule has 5 nitrogen and oxygen atoms in total. The predicted molar refractivity (Wildman–Crippen MR) is 82.4 cm³/mol. The first-order chi connectivity index (χ1) is 10.0. The zero-order valence-electron chi connectivity index (χ0n) is 12.9. The molecule has 1 amide bonds. The highest BCUT2D eigenvalue weighted by atomic mass is 32.1. The number of nitrogens with zero attached hydrogens (tertiary/aromatic N) is 2. The highest BCUT2D eigenvalue weighted by Crippen LogP contribution is 2.17. The molecule has 1 N–H and O–H groups in total. The number of amides is 1. The molecule has 0 bridgehead atoms. The normalized spacial score (nSPS) is 11.1. The van der Waals surface area contributed by atoms with Gasteiger partial charge in [-0.1, -0.05) is 25.9 Å². The minimum absolute atomic E-state index is 0.135. The summed E-state index contributed by atoms with van der Waals surface area (Å²) in [6.45, 7) is 8.55. The van der Waals surface area contributed by atoms with Crippen LogP contribution < -0.4 is 5.32 Å². The van der Waals surface area contributed by atoms with Crippen LogP contribution in [0.5, 0.6) is 0 Å². The number of carbonyl (C=O) groups is 1. The molecule has 2 aromatic heterocycles. The molecular formula is C15H21N3O2S. The average molecular weight is 307 g/mol. The summed E-state index contributed by atoms with van der Waals surface area (Å²) >= 11 is 1.65. The van der Waals surface area contributed by atoms with Crippen molar-refractivity contribution in [3.05, 3.63) is 33.1 Å². The van der Waals surface area contributed by atoms with Crippen molar-refractivity contribution >= 4 is 17.2 Å². The van der Waals surface area contributed by atoms with Gasteiger partial charge in [-0.3, -0.25) is 4.79 Å². The highest BCUT2D eigenvalue weighted by molar-refractivity contribution is 7.11. The van der Waals surface area contributed by atoms with Crippen LogP contribution in [0.3, 0.4) is 0 Å². The lowest BCUT2D eigenvalue weighted by Gasteiger charge is -2.03. The van der Waals surface area contributed by atoms with Gasteiger partial charge in [0.05, 0.1) is 17.2 Å². The molecule has 2 rings (SSSR count). The van der Waals surface area contributed by atoms with Crippen LogP contribution in [-0.4, -0.2) is 16.0 Å². The van der Waals surface area contributed by atoms with E-state index in [0.717, 1.165) is 16.3 Å². The van der Waals surface area contributed by atoms with Crippen molar-refractivity contribution in [2.75, 3.05) is 0 Å². The van der Waals surface area contributed by atoms with Crippen LogP contribution in [0.25, 0.3) is 0 Å². The lowest BCUT2D eigenvalue weighted by Crippen LogP contribution is -2.23. The van der Waals surface area contributed by atoms with Gasteiger partial charge in [0.15, 0.2) is 0 Å². The Balaban J connectivity index is 1.98. The number of rotatable bonds is 6. The van der Waals surface area contributed by atoms with E-state index in [9.17, 15) is 4.79 Å². The number of nitrogens with one attached hydrogen (secondary N) is 1. The first kappa shape index (κ1) is 15.7. The molecule has 21 heavy (non-hydrogen) atoms. The van der Waals surface area contributed by atoms with Gasteiger partial charge in [-0.25, -0.2) is 4.98 Å². The SMILES string of the molecule is CCc1onc(C)c1C(=O)NCc1cnc(CC(C)C)s1. The molecule has 0 aromatic carbocycles. The summed E-state index contributed by atoms with van der Waals surface area (Å²) in [5.41, 5.74) is 1.19. The Bertz CT molecular complexity index is 616. The molecule has 0 fully saturated rings. The third-order valence-electron chi connectivity index (χ3n) is 3.09. The van der Waals surface area contributed by atoms with Crippen LogP contribution in [0.4, 0.5) is 0 Å². The number of aromatic nitrogens is 2. The summed E-state index contributed by atoms with van der Waals surface area (Å²) in [7, 11) is 0. The van der Waals surface area contributed by atoms with Crippen molar-refractivity contribution in [3.63, 3.8) is 0 Å². The summed E-state index contributed by atoms with van der Waals surface area (Å²) in [5, 5.41) is 7.89. The zero-order valence-corrected chi connectivity index (χ0v) is 13.7. The monoisotopic (exact) mass is 307 g/mol. The van der Waals surface area contributed by atoms with E-state index in [2.05, 4.69) is 29.3 Å². The number of hydrogen-bond acceptors (Lipinski definition) is 5. The maximum Gasteiger partial charge on any atom is 0.257 e. The fourth-order valence-corrected chi connectivity index (χ4v) is 3.15. The minimum Gasteiger partial charge on any atom is -0.360 e. The fraction of sp³-hybridized carbons (Fsp3) is 0.533. The molecule has 6 heteroatoms. The molecule has 0 atom stereocenters. The maximum atomic E-state index is 12.2. The molecule has 0 saturated heterocycles. The molecule has 0 aliphatic heterocycles. The summed E-state index contributed by atoms with van der Waals surface area (Å²) in [5.74, 6) is 1.09. The van der Waals surface area contributed by atoms with E-state index in [0.29, 0.717) is 35.9 Å². The van der Waals surface area contributed by atoms with Crippen LogP contribution in [-0.2, 0) is 19.4 Å². The molecule has 114 valence electrons. The first-order valence-corrected chi connectivity index (χ1v) is 7.99. The largest absolute Gasteiger partial charge is 0.360 e. The van der Waals surface area contributed by atoms with Crippen molar-refractivity contribution in [3.8, 4) is 0 Å². The molecule has 0 aliphatic rings. The molecule has 2 heterocycles. The zero-order chi connectivity index (χ0) is 15.4. The molecule has 0 aliphatic carbocycles. The lowest BCUT2D eigenvalue weighted by molar-refractivity contribution is 0.0949. The quantitative estimate of drug-likeness (QED) is 0.890. The van der Waals surface area contributed by atoms with Crippen molar-refractivity contribution in [1.29, 1.82) is 0 Å². The second-order valence-electron chi connectivity index (χ2n) is 5.42. The van der Waals surface area contributed by atoms with Gasteiger partial charge in [-0.05, 0) is 12.8 Å². The van der Waals surface area contributed by atoms with Crippen LogP contribution in [0, 0.1) is 12.8 Å². The van der Waals surface area contributed by atoms with Gasteiger partial charge in [-0.2, -0.15) is 0 Å². The topological polar surface area (TPSA) is 68.0 Å². The third-order valence-corrected chi connectivity index (χ3v) is 4.11. The van der Waals surface area contributed by atoms with Crippen LogP contribution >= 0.6 is 11.3 Å². The lowest BCUT2D eigenvalue weighted by atomic mass is 10.1. The molecule has 0 spiro atoms. The molecule has 2 aromatic rings. The minimum atomic E-state index is -0.135. The Morgan fingerprint density at radius 1 is 1.48 bits per heavy atom. The van der Waals surface area contributed by atoms with E-state index in [1.807, 2.05) is 13.1 Å². The van der Waals surface area contributed by atoms with Crippen molar-refractivity contribution in [2.45, 2.75) is 47.1 Å². The summed E-state index contributed by atoms with van der Waals surface area (Å²) in [4.78, 5) is 17.7. The highest BCUT2D eigenvalue weighted by Gasteiger charge is 2.19. The van der Waals surface area contributed by atoms with E-state index < -0.39 is 0 Å². The van der Waals surface area contributed by atoms with Gasteiger partial charge >= 0.3 is 0 Å². The Morgan fingerprint density at radius 3 is 2.90 bits per heavy atom. The smallest absolute Gasteiger partial charge is 0.257 e. The average Bonchev–Trinajstić information content (AvgIpc) is 3.02. The maximum absolute atomic E-state index is 12.2. The van der Waals surface area contributed by atoms with Gasteiger partial charge in [0, 0.05) is 23.9 Å². The standard InChI is InChI=1S/C15H21N3O2S/c1-5-12-14(10(4)18-20-12)15(19)17-8-11-7-16-13(21-11)6-9(2)3/h7,9H,5-6,8H2,1-4H3,(H,17,19). The molecule has 0 unspecified atom stereocenters. The first-order valence-electron chi connectivity index (χ1n) is 7.18. The Labute approximate surface area is 128 Å². The van der Waals surface area contributed by atoms with Crippen molar-refractivity contribution in [2.24, 2.45) is 5.92 Å². The number of hydrogen-bond donors (Lipinski definition) is 1. The van der Waals surface area contributed by atoms with Gasteiger partial charge in [0.1, 0.15) is 11.3 Å². The van der Waals surface area contributed by atoms with Crippen LogP contribution in [0.2, 0.25) is 0 Å².